The largest absolute Gasteiger partial charge is 0.481 e. The Morgan fingerprint density at radius 3 is 2.92 bits per heavy atom. The van der Waals surface area contributed by atoms with Crippen molar-refractivity contribution >= 4 is 11.9 Å². The molecule has 1 saturated heterocycles. The molecule has 1 rings (SSSR count). The van der Waals surface area contributed by atoms with Crippen molar-refractivity contribution in [3.8, 4) is 0 Å². The van der Waals surface area contributed by atoms with Crippen molar-refractivity contribution < 1.29 is 19.4 Å². The number of carbonyl (C=O) groups is 2. The number of rotatable bonds is 2. The van der Waals surface area contributed by atoms with Crippen LogP contribution in [0.25, 0.3) is 0 Å². The second kappa shape index (κ2) is 3.56. The summed E-state index contributed by atoms with van der Waals surface area (Å²) in [5, 5.41) is 8.63. The summed E-state index contributed by atoms with van der Waals surface area (Å²) >= 11 is 0. The second-order valence-electron chi connectivity index (χ2n) is 3.05. The average Bonchev–Trinajstić information content (AvgIpc) is 2.03. The molecule has 0 bridgehead atoms. The Labute approximate surface area is 70.5 Å². The lowest BCUT2D eigenvalue weighted by molar-refractivity contribution is -0.162. The fourth-order valence-corrected chi connectivity index (χ4v) is 1.25. The fourth-order valence-electron chi connectivity index (χ4n) is 1.25. The first-order chi connectivity index (χ1) is 5.61. The molecule has 0 aromatic rings. The summed E-state index contributed by atoms with van der Waals surface area (Å²) in [5.41, 5.74) is 0. The molecule has 1 heterocycles. The monoisotopic (exact) mass is 172 g/mol. The highest BCUT2D eigenvalue weighted by Crippen LogP contribution is 2.20. The van der Waals surface area contributed by atoms with E-state index in [0.29, 0.717) is 12.8 Å². The number of carboxylic acid groups (broad SMARTS) is 1. The van der Waals surface area contributed by atoms with E-state index < -0.39 is 18.0 Å². The zero-order valence-corrected chi connectivity index (χ0v) is 6.95. The van der Waals surface area contributed by atoms with Gasteiger partial charge >= 0.3 is 11.9 Å². The molecule has 0 saturated carbocycles. The van der Waals surface area contributed by atoms with Gasteiger partial charge in [0.05, 0.1) is 5.92 Å². The molecular weight excluding hydrogens is 160 g/mol. The number of ether oxygens (including phenoxy) is 1. The first kappa shape index (κ1) is 9.03. The molecule has 0 radical (unpaired) electrons. The maximum Gasteiger partial charge on any atom is 0.309 e. The molecule has 0 amide bonds. The van der Waals surface area contributed by atoms with Crippen LogP contribution in [0.3, 0.4) is 0 Å². The summed E-state index contributed by atoms with van der Waals surface area (Å²) in [4.78, 5) is 21.3. The number of aliphatic carboxylic acids is 1. The van der Waals surface area contributed by atoms with E-state index in [1.165, 1.54) is 0 Å². The average molecular weight is 172 g/mol. The summed E-state index contributed by atoms with van der Waals surface area (Å²) in [6.45, 7) is 1.56. The van der Waals surface area contributed by atoms with Gasteiger partial charge in [0, 0.05) is 6.42 Å². The number of hydrogen-bond acceptors (Lipinski definition) is 3. The van der Waals surface area contributed by atoms with Crippen molar-refractivity contribution in [2.24, 2.45) is 5.92 Å². The Hall–Kier alpha value is -1.06. The van der Waals surface area contributed by atoms with Crippen LogP contribution in [0.4, 0.5) is 0 Å². The Kier molecular flexibility index (Phi) is 2.68. The molecule has 1 aliphatic rings. The number of esters is 1. The summed E-state index contributed by atoms with van der Waals surface area (Å²) < 4.78 is 4.89. The third kappa shape index (κ3) is 1.96. The lowest BCUT2D eigenvalue weighted by Gasteiger charge is -2.24. The predicted molar refractivity (Wildman–Crippen MR) is 40.5 cm³/mol. The van der Waals surface area contributed by atoms with Gasteiger partial charge in [0.25, 0.3) is 0 Å². The Bertz CT molecular complexity index is 197. The predicted octanol–water partition coefficient (Wildman–Crippen LogP) is 0.803. The minimum Gasteiger partial charge on any atom is -0.481 e. The van der Waals surface area contributed by atoms with Gasteiger partial charge in [0.2, 0.25) is 0 Å². The van der Waals surface area contributed by atoms with Crippen LogP contribution >= 0.6 is 0 Å². The highest BCUT2D eigenvalue weighted by atomic mass is 16.5. The van der Waals surface area contributed by atoms with Gasteiger partial charge in [-0.3, -0.25) is 9.59 Å². The van der Waals surface area contributed by atoms with Crippen molar-refractivity contribution in [1.29, 1.82) is 0 Å². The molecule has 0 spiro atoms. The molecule has 1 N–H and O–H groups in total. The lowest BCUT2D eigenvalue weighted by atomic mass is 9.97. The van der Waals surface area contributed by atoms with Gasteiger partial charge in [0.1, 0.15) is 6.10 Å². The van der Waals surface area contributed by atoms with Gasteiger partial charge in [0.15, 0.2) is 0 Å². The molecule has 4 heteroatoms. The maximum absolute atomic E-state index is 10.8. The molecule has 1 fully saturated rings. The topological polar surface area (TPSA) is 63.6 Å². The SMILES string of the molecule is CC(C(=O)O)C1CCCC(=O)O1. The van der Waals surface area contributed by atoms with Crippen molar-refractivity contribution in [3.63, 3.8) is 0 Å². The van der Waals surface area contributed by atoms with Crippen LogP contribution in [0.15, 0.2) is 0 Å². The van der Waals surface area contributed by atoms with E-state index in [1.807, 2.05) is 0 Å². The van der Waals surface area contributed by atoms with Gasteiger partial charge in [-0.15, -0.1) is 0 Å². The minimum absolute atomic E-state index is 0.278. The van der Waals surface area contributed by atoms with Crippen LogP contribution in [0, 0.1) is 5.92 Å². The van der Waals surface area contributed by atoms with E-state index in [9.17, 15) is 9.59 Å². The molecule has 12 heavy (non-hydrogen) atoms. The quantitative estimate of drug-likeness (QED) is 0.626. The van der Waals surface area contributed by atoms with Gasteiger partial charge < -0.3 is 9.84 Å². The summed E-state index contributed by atoms with van der Waals surface area (Å²) in [5.74, 6) is -1.77. The molecule has 0 aliphatic carbocycles. The third-order valence-electron chi connectivity index (χ3n) is 2.10. The normalized spacial score (nSPS) is 26.1. The van der Waals surface area contributed by atoms with Crippen molar-refractivity contribution in [2.75, 3.05) is 0 Å². The standard InChI is InChI=1S/C8H12O4/c1-5(8(10)11)6-3-2-4-7(9)12-6/h5-6H,2-4H2,1H3,(H,10,11). The zero-order valence-electron chi connectivity index (χ0n) is 6.95. The summed E-state index contributed by atoms with van der Waals surface area (Å²) in [6, 6.07) is 0. The fraction of sp³-hybridized carbons (Fsp3) is 0.750. The Morgan fingerprint density at radius 1 is 1.75 bits per heavy atom. The minimum atomic E-state index is -0.908. The van der Waals surface area contributed by atoms with Crippen molar-refractivity contribution in [3.05, 3.63) is 0 Å². The smallest absolute Gasteiger partial charge is 0.309 e. The molecule has 2 unspecified atom stereocenters. The Morgan fingerprint density at radius 2 is 2.42 bits per heavy atom. The van der Waals surface area contributed by atoms with E-state index in [4.69, 9.17) is 9.84 Å². The summed E-state index contributed by atoms with van der Waals surface area (Å²) in [6.07, 6.45) is 1.40. The van der Waals surface area contributed by atoms with E-state index in [2.05, 4.69) is 0 Å². The van der Waals surface area contributed by atoms with Crippen LogP contribution in [0.5, 0.6) is 0 Å². The van der Waals surface area contributed by atoms with Crippen LogP contribution in [-0.4, -0.2) is 23.1 Å². The van der Waals surface area contributed by atoms with Crippen molar-refractivity contribution in [1.82, 2.24) is 0 Å². The number of hydrogen-bond donors (Lipinski definition) is 1. The number of cyclic esters (lactones) is 1. The third-order valence-corrected chi connectivity index (χ3v) is 2.10. The Balaban J connectivity index is 2.51. The van der Waals surface area contributed by atoms with Crippen LogP contribution in [-0.2, 0) is 14.3 Å². The molecule has 0 aromatic carbocycles. The van der Waals surface area contributed by atoms with Crippen LogP contribution < -0.4 is 0 Å². The first-order valence-corrected chi connectivity index (χ1v) is 4.03. The molecule has 2 atom stereocenters. The van der Waals surface area contributed by atoms with Crippen molar-refractivity contribution in [2.45, 2.75) is 32.3 Å². The molecule has 0 aromatic heterocycles. The lowest BCUT2D eigenvalue weighted by Crippen LogP contribution is -2.33. The highest BCUT2D eigenvalue weighted by molar-refractivity contribution is 5.73. The molecular formula is C8H12O4. The summed E-state index contributed by atoms with van der Waals surface area (Å²) in [7, 11) is 0. The molecule has 1 aliphatic heterocycles. The van der Waals surface area contributed by atoms with E-state index in [0.717, 1.165) is 6.42 Å². The number of carbonyl (C=O) groups excluding carboxylic acids is 1. The van der Waals surface area contributed by atoms with Crippen LogP contribution in [0.2, 0.25) is 0 Å². The van der Waals surface area contributed by atoms with Gasteiger partial charge in [-0.1, -0.05) is 0 Å². The van der Waals surface area contributed by atoms with E-state index in [1.54, 1.807) is 6.92 Å². The first-order valence-electron chi connectivity index (χ1n) is 4.03. The second-order valence-corrected chi connectivity index (χ2v) is 3.05. The maximum atomic E-state index is 10.8. The zero-order chi connectivity index (χ0) is 9.14. The van der Waals surface area contributed by atoms with E-state index in [-0.39, 0.29) is 5.97 Å². The van der Waals surface area contributed by atoms with Gasteiger partial charge in [-0.2, -0.15) is 0 Å². The molecule has 68 valence electrons. The van der Waals surface area contributed by atoms with Gasteiger partial charge in [-0.05, 0) is 19.8 Å². The number of carboxylic acids is 1. The van der Waals surface area contributed by atoms with Crippen LogP contribution in [0.1, 0.15) is 26.2 Å². The van der Waals surface area contributed by atoms with Gasteiger partial charge in [-0.25, -0.2) is 0 Å². The molecule has 4 nitrogen and oxygen atoms in total. The highest BCUT2D eigenvalue weighted by Gasteiger charge is 2.29. The van der Waals surface area contributed by atoms with E-state index >= 15 is 0 Å².